The summed E-state index contributed by atoms with van der Waals surface area (Å²) in [5.41, 5.74) is 0. The molecule has 1 aliphatic rings. The van der Waals surface area contributed by atoms with Crippen molar-refractivity contribution in [2.45, 2.75) is 31.1 Å². The third kappa shape index (κ3) is 2.61. The van der Waals surface area contributed by atoms with Crippen LogP contribution in [0.2, 0.25) is 0 Å². The number of rotatable bonds is 2. The number of carbonyl (C=O) groups is 1. The van der Waals surface area contributed by atoms with Gasteiger partial charge in [0, 0.05) is 23.4 Å². The van der Waals surface area contributed by atoms with E-state index >= 15 is 0 Å². The summed E-state index contributed by atoms with van der Waals surface area (Å²) >= 11 is 5.72. The molecule has 0 aliphatic carbocycles. The van der Waals surface area contributed by atoms with E-state index in [1.807, 2.05) is 16.3 Å². The quantitative estimate of drug-likeness (QED) is 0.804. The maximum absolute atomic E-state index is 12.1. The van der Waals surface area contributed by atoms with Crippen molar-refractivity contribution < 1.29 is 4.79 Å². The number of piperidine rings is 1. The van der Waals surface area contributed by atoms with Gasteiger partial charge in [-0.05, 0) is 24.8 Å². The van der Waals surface area contributed by atoms with Crippen molar-refractivity contribution in [3.63, 3.8) is 0 Å². The minimum absolute atomic E-state index is 0.180. The molecular weight excluding hydrogens is 238 g/mol. The molecule has 1 aromatic heterocycles. The molecule has 0 N–H and O–H groups in total. The van der Waals surface area contributed by atoms with E-state index in [0.29, 0.717) is 0 Å². The number of amides is 1. The highest BCUT2D eigenvalue weighted by Crippen LogP contribution is 2.24. The van der Waals surface area contributed by atoms with Crippen molar-refractivity contribution in [2.75, 3.05) is 13.1 Å². The van der Waals surface area contributed by atoms with Gasteiger partial charge < -0.3 is 4.90 Å². The Hall–Kier alpha value is -0.480. The van der Waals surface area contributed by atoms with Crippen LogP contribution in [-0.4, -0.2) is 23.9 Å². The molecule has 2 heterocycles. The van der Waals surface area contributed by atoms with E-state index in [-0.39, 0.29) is 5.91 Å². The van der Waals surface area contributed by atoms with Crippen molar-refractivity contribution in [1.29, 1.82) is 0 Å². The second kappa shape index (κ2) is 5.23. The van der Waals surface area contributed by atoms with E-state index in [0.717, 1.165) is 41.6 Å². The van der Waals surface area contributed by atoms with E-state index in [9.17, 15) is 4.79 Å². The Kier molecular flexibility index (Phi) is 3.92. The topological polar surface area (TPSA) is 20.3 Å². The molecule has 1 aliphatic heterocycles. The summed E-state index contributed by atoms with van der Waals surface area (Å²) in [4.78, 5) is 15.8. The molecule has 0 radical (unpaired) electrons. The summed E-state index contributed by atoms with van der Waals surface area (Å²) in [7, 11) is 0. The Morgan fingerprint density at radius 2 is 2.25 bits per heavy atom. The zero-order chi connectivity index (χ0) is 11.5. The van der Waals surface area contributed by atoms with Gasteiger partial charge in [0.25, 0.3) is 5.91 Å². The fourth-order valence-electron chi connectivity index (χ4n) is 2.14. The first-order chi connectivity index (χ1) is 7.70. The summed E-state index contributed by atoms with van der Waals surface area (Å²) in [5, 5.41) is 1.91. The zero-order valence-electron chi connectivity index (χ0n) is 9.48. The number of hydrogen-bond acceptors (Lipinski definition) is 3. The Morgan fingerprint density at radius 1 is 1.56 bits per heavy atom. The van der Waals surface area contributed by atoms with Crippen LogP contribution in [0.1, 0.15) is 35.9 Å². The van der Waals surface area contributed by atoms with Crippen molar-refractivity contribution in [2.24, 2.45) is 5.92 Å². The van der Waals surface area contributed by atoms with E-state index < -0.39 is 0 Å². The molecule has 1 amide bonds. The lowest BCUT2D eigenvalue weighted by Crippen LogP contribution is -2.37. The van der Waals surface area contributed by atoms with Crippen LogP contribution in [-0.2, 0) is 0 Å². The maximum atomic E-state index is 12.1. The van der Waals surface area contributed by atoms with Crippen LogP contribution in [0.5, 0.6) is 0 Å². The lowest BCUT2D eigenvalue weighted by Gasteiger charge is -2.31. The van der Waals surface area contributed by atoms with Crippen LogP contribution in [0.4, 0.5) is 0 Å². The van der Waals surface area contributed by atoms with Crippen LogP contribution in [0.3, 0.4) is 0 Å². The average Bonchev–Trinajstić information content (AvgIpc) is 2.75. The highest BCUT2D eigenvalue weighted by atomic mass is 32.1. The first kappa shape index (κ1) is 12.0. The van der Waals surface area contributed by atoms with Crippen LogP contribution in [0.25, 0.3) is 0 Å². The van der Waals surface area contributed by atoms with Crippen LogP contribution >= 0.6 is 24.0 Å². The zero-order valence-corrected chi connectivity index (χ0v) is 11.2. The number of hydrogen-bond donors (Lipinski definition) is 1. The molecule has 0 atom stereocenters. The summed E-state index contributed by atoms with van der Waals surface area (Å²) < 4.78 is 0. The minimum atomic E-state index is 0.180. The van der Waals surface area contributed by atoms with Gasteiger partial charge in [-0.25, -0.2) is 0 Å². The van der Waals surface area contributed by atoms with Gasteiger partial charge in [0.15, 0.2) is 0 Å². The first-order valence-electron chi connectivity index (χ1n) is 5.77. The van der Waals surface area contributed by atoms with Crippen LogP contribution in [0, 0.1) is 5.92 Å². The fourth-order valence-corrected chi connectivity index (χ4v) is 3.25. The van der Waals surface area contributed by atoms with Crippen LogP contribution in [0.15, 0.2) is 16.3 Å². The molecule has 88 valence electrons. The molecule has 4 heteroatoms. The monoisotopic (exact) mass is 255 g/mol. The highest BCUT2D eigenvalue weighted by Gasteiger charge is 2.23. The molecule has 16 heavy (non-hydrogen) atoms. The summed E-state index contributed by atoms with van der Waals surface area (Å²) in [6.45, 7) is 4.06. The molecule has 0 unspecified atom stereocenters. The lowest BCUT2D eigenvalue weighted by atomic mass is 9.94. The molecule has 0 spiro atoms. The van der Waals surface area contributed by atoms with Gasteiger partial charge in [-0.2, -0.15) is 0 Å². The summed E-state index contributed by atoms with van der Waals surface area (Å²) in [6.07, 6.45) is 3.55. The molecule has 0 saturated carbocycles. The SMILES string of the molecule is CCC1CCN(C(=O)c2cc(S)cs2)CC1. The second-order valence-electron chi connectivity index (χ2n) is 4.31. The van der Waals surface area contributed by atoms with Gasteiger partial charge in [0.2, 0.25) is 0 Å². The second-order valence-corrected chi connectivity index (χ2v) is 5.74. The lowest BCUT2D eigenvalue weighted by molar-refractivity contribution is 0.0693. The fraction of sp³-hybridized carbons (Fsp3) is 0.583. The third-order valence-corrected chi connectivity index (χ3v) is 4.63. The van der Waals surface area contributed by atoms with E-state index in [4.69, 9.17) is 0 Å². The van der Waals surface area contributed by atoms with Crippen molar-refractivity contribution >= 4 is 29.9 Å². The number of carbonyl (C=O) groups excluding carboxylic acids is 1. The predicted octanol–water partition coefficient (Wildman–Crippen LogP) is 3.30. The maximum Gasteiger partial charge on any atom is 0.263 e. The molecule has 2 nitrogen and oxygen atoms in total. The van der Waals surface area contributed by atoms with Crippen molar-refractivity contribution in [3.8, 4) is 0 Å². The average molecular weight is 255 g/mol. The first-order valence-corrected chi connectivity index (χ1v) is 7.10. The largest absolute Gasteiger partial charge is 0.338 e. The molecule has 1 saturated heterocycles. The number of thiol groups is 1. The Bertz CT molecular complexity index is 367. The Morgan fingerprint density at radius 3 is 2.75 bits per heavy atom. The van der Waals surface area contributed by atoms with Crippen LogP contribution < -0.4 is 0 Å². The third-order valence-electron chi connectivity index (χ3n) is 3.28. The summed E-state index contributed by atoms with van der Waals surface area (Å²) in [5.74, 6) is 0.993. The predicted molar refractivity (Wildman–Crippen MR) is 70.5 cm³/mol. The minimum Gasteiger partial charge on any atom is -0.338 e. The van der Waals surface area contributed by atoms with Gasteiger partial charge in [0.1, 0.15) is 0 Å². The normalized spacial score (nSPS) is 17.8. The van der Waals surface area contributed by atoms with Gasteiger partial charge >= 0.3 is 0 Å². The Balaban J connectivity index is 1.96. The molecule has 0 aromatic carbocycles. The molecular formula is C12H17NOS2. The molecule has 0 bridgehead atoms. The summed E-state index contributed by atoms with van der Waals surface area (Å²) in [6, 6.07) is 1.86. The molecule has 1 fully saturated rings. The smallest absolute Gasteiger partial charge is 0.263 e. The highest BCUT2D eigenvalue weighted by molar-refractivity contribution is 7.80. The standard InChI is InChI=1S/C12H17NOS2/c1-2-9-3-5-13(6-4-9)12(14)11-7-10(15)8-16-11/h7-9,15H,2-6H2,1H3. The van der Waals surface area contributed by atoms with Crippen molar-refractivity contribution in [3.05, 3.63) is 16.3 Å². The van der Waals surface area contributed by atoms with E-state index in [2.05, 4.69) is 19.6 Å². The van der Waals surface area contributed by atoms with E-state index in [1.165, 1.54) is 17.8 Å². The number of nitrogens with zero attached hydrogens (tertiary/aromatic N) is 1. The van der Waals surface area contributed by atoms with Gasteiger partial charge in [-0.15, -0.1) is 24.0 Å². The van der Waals surface area contributed by atoms with Gasteiger partial charge in [-0.3, -0.25) is 4.79 Å². The van der Waals surface area contributed by atoms with Crippen molar-refractivity contribution in [1.82, 2.24) is 4.90 Å². The number of thiophene rings is 1. The van der Waals surface area contributed by atoms with Gasteiger partial charge in [0.05, 0.1) is 4.88 Å². The Labute approximate surface area is 106 Å². The van der Waals surface area contributed by atoms with Gasteiger partial charge in [-0.1, -0.05) is 13.3 Å². The molecule has 1 aromatic rings. The molecule has 2 rings (SSSR count). The number of likely N-dealkylation sites (tertiary alicyclic amines) is 1. The van der Waals surface area contributed by atoms with E-state index in [1.54, 1.807) is 0 Å².